The summed E-state index contributed by atoms with van der Waals surface area (Å²) in [5.74, 6) is -0.775. The SMILES string of the molecule is CC(C)OCC1CC(CC(=O)NC(=S)Nc2ccc(Cl)cn2)C(=O)O1. The van der Waals surface area contributed by atoms with Gasteiger partial charge in [-0.3, -0.25) is 9.59 Å². The molecule has 1 saturated heterocycles. The number of halogens is 1. The van der Waals surface area contributed by atoms with Gasteiger partial charge in [0.25, 0.3) is 0 Å². The van der Waals surface area contributed by atoms with E-state index in [2.05, 4.69) is 15.6 Å². The lowest BCUT2D eigenvalue weighted by molar-refractivity contribution is -0.147. The first-order valence-electron chi connectivity index (χ1n) is 7.88. The zero-order valence-corrected chi connectivity index (χ0v) is 15.5. The highest BCUT2D eigenvalue weighted by Crippen LogP contribution is 2.24. The highest BCUT2D eigenvalue weighted by Gasteiger charge is 2.36. The van der Waals surface area contributed by atoms with E-state index in [1.807, 2.05) is 13.8 Å². The Bertz CT molecular complexity index is 639. The van der Waals surface area contributed by atoms with Gasteiger partial charge in [0.15, 0.2) is 5.11 Å². The van der Waals surface area contributed by atoms with Crippen molar-refractivity contribution in [1.82, 2.24) is 10.3 Å². The Morgan fingerprint density at radius 1 is 1.52 bits per heavy atom. The Kier molecular flexibility index (Phi) is 7.10. The molecule has 2 unspecified atom stereocenters. The van der Waals surface area contributed by atoms with Crippen LogP contribution in [0.2, 0.25) is 5.02 Å². The van der Waals surface area contributed by atoms with E-state index < -0.39 is 5.92 Å². The highest BCUT2D eigenvalue weighted by molar-refractivity contribution is 7.80. The molecular formula is C16H20ClN3O4S. The van der Waals surface area contributed by atoms with E-state index in [0.29, 0.717) is 23.9 Å². The van der Waals surface area contributed by atoms with Crippen LogP contribution in [0.1, 0.15) is 26.7 Å². The molecule has 1 aliphatic heterocycles. The summed E-state index contributed by atoms with van der Waals surface area (Å²) < 4.78 is 10.7. The number of esters is 1. The van der Waals surface area contributed by atoms with E-state index >= 15 is 0 Å². The van der Waals surface area contributed by atoms with E-state index in [4.69, 9.17) is 33.3 Å². The van der Waals surface area contributed by atoms with Gasteiger partial charge in [-0.05, 0) is 38.2 Å². The number of carbonyl (C=O) groups excluding carboxylic acids is 2. The number of hydrogen-bond acceptors (Lipinski definition) is 6. The van der Waals surface area contributed by atoms with Crippen LogP contribution < -0.4 is 10.6 Å². The summed E-state index contributed by atoms with van der Waals surface area (Å²) in [5.41, 5.74) is 0. The molecule has 0 radical (unpaired) electrons. The molecule has 25 heavy (non-hydrogen) atoms. The monoisotopic (exact) mass is 385 g/mol. The van der Waals surface area contributed by atoms with E-state index in [9.17, 15) is 9.59 Å². The number of nitrogens with zero attached hydrogens (tertiary/aromatic N) is 1. The zero-order valence-electron chi connectivity index (χ0n) is 14.0. The number of rotatable bonds is 6. The van der Waals surface area contributed by atoms with Crippen molar-refractivity contribution in [2.24, 2.45) is 5.92 Å². The zero-order chi connectivity index (χ0) is 18.4. The molecule has 1 aliphatic rings. The molecule has 1 aromatic rings. The smallest absolute Gasteiger partial charge is 0.309 e. The molecule has 2 atom stereocenters. The summed E-state index contributed by atoms with van der Waals surface area (Å²) in [6.07, 6.45) is 1.68. The first kappa shape index (κ1) is 19.6. The van der Waals surface area contributed by atoms with Crippen LogP contribution in [0.5, 0.6) is 0 Å². The lowest BCUT2D eigenvalue weighted by atomic mass is 10.0. The summed E-state index contributed by atoms with van der Waals surface area (Å²) in [7, 11) is 0. The van der Waals surface area contributed by atoms with E-state index in [1.165, 1.54) is 6.20 Å². The number of hydrogen-bond donors (Lipinski definition) is 2. The number of anilines is 1. The Hall–Kier alpha value is -1.77. The first-order chi connectivity index (χ1) is 11.8. The average molecular weight is 386 g/mol. The number of amides is 1. The Labute approximate surface area is 156 Å². The molecule has 136 valence electrons. The fourth-order valence-corrected chi connectivity index (χ4v) is 2.62. The van der Waals surface area contributed by atoms with Gasteiger partial charge in [0.05, 0.1) is 23.7 Å². The fourth-order valence-electron chi connectivity index (χ4n) is 2.29. The van der Waals surface area contributed by atoms with E-state index in [-0.39, 0.29) is 35.6 Å². The maximum absolute atomic E-state index is 12.1. The minimum atomic E-state index is -0.489. The molecule has 2 N–H and O–H groups in total. The van der Waals surface area contributed by atoms with E-state index in [1.54, 1.807) is 12.1 Å². The van der Waals surface area contributed by atoms with Gasteiger partial charge in [-0.1, -0.05) is 11.6 Å². The number of carbonyl (C=O) groups is 2. The van der Waals surface area contributed by atoms with Gasteiger partial charge in [-0.25, -0.2) is 4.98 Å². The number of aromatic nitrogens is 1. The average Bonchev–Trinajstić information content (AvgIpc) is 2.87. The molecule has 7 nitrogen and oxygen atoms in total. The maximum Gasteiger partial charge on any atom is 0.309 e. The van der Waals surface area contributed by atoms with E-state index in [0.717, 1.165) is 0 Å². The van der Waals surface area contributed by atoms with Gasteiger partial charge in [0.2, 0.25) is 5.91 Å². The van der Waals surface area contributed by atoms with Crippen molar-refractivity contribution in [1.29, 1.82) is 0 Å². The largest absolute Gasteiger partial charge is 0.460 e. The molecule has 0 bridgehead atoms. The predicted octanol–water partition coefficient (Wildman–Crippen LogP) is 2.29. The number of ether oxygens (including phenoxy) is 2. The molecule has 9 heteroatoms. The molecule has 0 saturated carbocycles. The first-order valence-corrected chi connectivity index (χ1v) is 8.66. The fraction of sp³-hybridized carbons (Fsp3) is 0.500. The van der Waals surface area contributed by atoms with Gasteiger partial charge >= 0.3 is 5.97 Å². The topological polar surface area (TPSA) is 89.5 Å². The van der Waals surface area contributed by atoms with Crippen LogP contribution in [-0.4, -0.2) is 40.8 Å². The summed E-state index contributed by atoms with van der Waals surface area (Å²) in [5, 5.41) is 5.90. The molecule has 2 rings (SSSR count). The lowest BCUT2D eigenvalue weighted by Crippen LogP contribution is -2.35. The minimum absolute atomic E-state index is 0.00682. The number of thiocarbonyl (C=S) groups is 1. The normalized spacial score (nSPS) is 19.6. The van der Waals surface area contributed by atoms with Gasteiger partial charge < -0.3 is 20.1 Å². The molecule has 1 amide bonds. The molecule has 1 fully saturated rings. The van der Waals surface area contributed by atoms with Crippen molar-refractivity contribution < 1.29 is 19.1 Å². The second kappa shape index (κ2) is 9.07. The van der Waals surface area contributed by atoms with Crippen LogP contribution in [0.25, 0.3) is 0 Å². The van der Waals surface area contributed by atoms with Crippen LogP contribution in [0.3, 0.4) is 0 Å². The van der Waals surface area contributed by atoms with Gasteiger partial charge in [-0.2, -0.15) is 0 Å². The molecule has 0 spiro atoms. The van der Waals surface area contributed by atoms with Crippen molar-refractivity contribution in [3.8, 4) is 0 Å². The summed E-state index contributed by atoms with van der Waals surface area (Å²) in [6.45, 7) is 4.15. The number of pyridine rings is 1. The van der Waals surface area contributed by atoms with Crippen LogP contribution in [0.15, 0.2) is 18.3 Å². The summed E-state index contributed by atoms with van der Waals surface area (Å²) in [4.78, 5) is 27.9. The van der Waals surface area contributed by atoms with Crippen LogP contribution in [-0.2, 0) is 19.1 Å². The Morgan fingerprint density at radius 3 is 2.92 bits per heavy atom. The summed E-state index contributed by atoms with van der Waals surface area (Å²) >= 11 is 10.8. The molecule has 1 aromatic heterocycles. The predicted molar refractivity (Wildman–Crippen MR) is 97.3 cm³/mol. The molecule has 0 aromatic carbocycles. The Morgan fingerprint density at radius 2 is 2.28 bits per heavy atom. The second-order valence-corrected chi connectivity index (χ2v) is 6.79. The Balaban J connectivity index is 1.76. The standard InChI is InChI=1S/C16H20ClN3O4S/c1-9(2)23-8-12-5-10(15(22)24-12)6-14(21)20-16(25)19-13-4-3-11(17)7-18-13/h3-4,7,9-10,12H,5-6,8H2,1-2H3,(H2,18,19,20,21,25). The van der Waals surface area contributed by atoms with Crippen molar-refractivity contribution in [3.63, 3.8) is 0 Å². The van der Waals surface area contributed by atoms with Crippen LogP contribution in [0, 0.1) is 5.92 Å². The second-order valence-electron chi connectivity index (χ2n) is 5.94. The van der Waals surface area contributed by atoms with Gasteiger partial charge in [0.1, 0.15) is 11.9 Å². The minimum Gasteiger partial charge on any atom is -0.460 e. The maximum atomic E-state index is 12.1. The number of nitrogens with one attached hydrogen (secondary N) is 2. The summed E-state index contributed by atoms with van der Waals surface area (Å²) in [6, 6.07) is 3.28. The molecular weight excluding hydrogens is 366 g/mol. The molecule has 0 aliphatic carbocycles. The lowest BCUT2D eigenvalue weighted by Gasteiger charge is -2.12. The van der Waals surface area contributed by atoms with Crippen molar-refractivity contribution in [2.75, 3.05) is 11.9 Å². The number of cyclic esters (lactones) is 1. The third-order valence-electron chi connectivity index (χ3n) is 3.43. The molecule has 2 heterocycles. The quantitative estimate of drug-likeness (QED) is 0.573. The van der Waals surface area contributed by atoms with Crippen LogP contribution >= 0.6 is 23.8 Å². The van der Waals surface area contributed by atoms with Gasteiger partial charge in [0, 0.05) is 19.0 Å². The highest BCUT2D eigenvalue weighted by atomic mass is 35.5. The third-order valence-corrected chi connectivity index (χ3v) is 3.86. The van der Waals surface area contributed by atoms with Gasteiger partial charge in [-0.15, -0.1) is 0 Å². The third kappa shape index (κ3) is 6.56. The van der Waals surface area contributed by atoms with Crippen molar-refractivity contribution in [2.45, 2.75) is 38.9 Å². The van der Waals surface area contributed by atoms with Crippen molar-refractivity contribution >= 4 is 46.6 Å². The van der Waals surface area contributed by atoms with Crippen molar-refractivity contribution in [3.05, 3.63) is 23.4 Å². The van der Waals surface area contributed by atoms with Crippen LogP contribution in [0.4, 0.5) is 5.82 Å².